The van der Waals surface area contributed by atoms with E-state index in [2.05, 4.69) is 20.3 Å². The number of aryl methyl sites for hydroxylation is 3. The summed E-state index contributed by atoms with van der Waals surface area (Å²) < 4.78 is 20.6. The van der Waals surface area contributed by atoms with E-state index in [9.17, 15) is 9.18 Å². The lowest BCUT2D eigenvalue weighted by atomic mass is 9.95. The second-order valence-corrected chi connectivity index (χ2v) is 7.43. The van der Waals surface area contributed by atoms with E-state index in [0.717, 1.165) is 18.7 Å². The van der Waals surface area contributed by atoms with Gasteiger partial charge < -0.3 is 14.0 Å². The molecule has 3 heterocycles. The van der Waals surface area contributed by atoms with Gasteiger partial charge in [0.25, 0.3) is 0 Å². The molecule has 3 aromatic rings. The molecule has 1 aromatic carbocycles. The van der Waals surface area contributed by atoms with Crippen LogP contribution >= 0.6 is 0 Å². The Morgan fingerprint density at radius 1 is 1.31 bits per heavy atom. The maximum atomic E-state index is 13.4. The van der Waals surface area contributed by atoms with E-state index in [-0.39, 0.29) is 11.7 Å². The van der Waals surface area contributed by atoms with E-state index in [0.29, 0.717) is 54.7 Å². The van der Waals surface area contributed by atoms with Crippen LogP contribution in [-0.2, 0) is 18.3 Å². The van der Waals surface area contributed by atoms with Crippen LogP contribution in [0.3, 0.4) is 0 Å². The summed E-state index contributed by atoms with van der Waals surface area (Å²) in [5.74, 6) is 1.94. The van der Waals surface area contributed by atoms with Crippen LogP contribution < -0.4 is 0 Å². The van der Waals surface area contributed by atoms with Crippen LogP contribution in [0, 0.1) is 12.7 Å². The maximum absolute atomic E-state index is 13.4. The number of aromatic nitrogens is 5. The minimum absolute atomic E-state index is 0.0822. The molecule has 0 bridgehead atoms. The van der Waals surface area contributed by atoms with Gasteiger partial charge in [-0.05, 0) is 43.5 Å². The quantitative estimate of drug-likeness (QED) is 0.656. The summed E-state index contributed by atoms with van der Waals surface area (Å²) in [6, 6.07) is 4.68. The number of benzene rings is 1. The van der Waals surface area contributed by atoms with Crippen LogP contribution in [0.15, 0.2) is 29.0 Å². The predicted octanol–water partition coefficient (Wildman–Crippen LogP) is 2.65. The Labute approximate surface area is 167 Å². The first-order valence-corrected chi connectivity index (χ1v) is 9.72. The Bertz CT molecular complexity index is 1010. The fourth-order valence-corrected chi connectivity index (χ4v) is 3.68. The predicted molar refractivity (Wildman–Crippen MR) is 102 cm³/mol. The molecule has 1 amide bonds. The van der Waals surface area contributed by atoms with Crippen LogP contribution in [0.5, 0.6) is 0 Å². The monoisotopic (exact) mass is 398 g/mol. The number of carbonyl (C=O) groups is 1. The molecular formula is C20H23FN6O2. The van der Waals surface area contributed by atoms with E-state index >= 15 is 0 Å². The lowest BCUT2D eigenvalue weighted by molar-refractivity contribution is -0.132. The van der Waals surface area contributed by atoms with Gasteiger partial charge in [-0.2, -0.15) is 4.98 Å². The number of halogens is 1. The molecule has 0 saturated carbocycles. The highest BCUT2D eigenvalue weighted by molar-refractivity contribution is 5.76. The number of hydrogen-bond donors (Lipinski definition) is 0. The molecule has 0 spiro atoms. The molecular weight excluding hydrogens is 375 g/mol. The molecule has 29 heavy (non-hydrogen) atoms. The van der Waals surface area contributed by atoms with Crippen molar-refractivity contribution in [1.82, 2.24) is 29.8 Å². The lowest BCUT2D eigenvalue weighted by Gasteiger charge is -2.31. The molecule has 0 unspecified atom stereocenters. The summed E-state index contributed by atoms with van der Waals surface area (Å²) in [5.41, 5.74) is 1.21. The first-order chi connectivity index (χ1) is 14.0. The molecule has 1 aliphatic rings. The van der Waals surface area contributed by atoms with Gasteiger partial charge in [0.05, 0.1) is 0 Å². The van der Waals surface area contributed by atoms with Gasteiger partial charge in [0.15, 0.2) is 0 Å². The van der Waals surface area contributed by atoms with Gasteiger partial charge in [-0.15, -0.1) is 10.2 Å². The average molecular weight is 398 g/mol. The van der Waals surface area contributed by atoms with Crippen LogP contribution in [0.2, 0.25) is 0 Å². The van der Waals surface area contributed by atoms with Crippen molar-refractivity contribution in [2.75, 3.05) is 13.1 Å². The van der Waals surface area contributed by atoms with Crippen molar-refractivity contribution in [2.24, 2.45) is 7.05 Å². The number of amides is 1. The van der Waals surface area contributed by atoms with Crippen molar-refractivity contribution >= 4 is 5.91 Å². The van der Waals surface area contributed by atoms with Gasteiger partial charge in [-0.1, -0.05) is 5.16 Å². The molecule has 1 aliphatic heterocycles. The summed E-state index contributed by atoms with van der Waals surface area (Å²) in [5, 5.41) is 12.1. The summed E-state index contributed by atoms with van der Waals surface area (Å²) in [6.45, 7) is 3.10. The van der Waals surface area contributed by atoms with Crippen molar-refractivity contribution < 1.29 is 13.7 Å². The maximum Gasteiger partial charge on any atom is 0.227 e. The van der Waals surface area contributed by atoms with Crippen molar-refractivity contribution in [3.05, 3.63) is 47.6 Å². The summed E-state index contributed by atoms with van der Waals surface area (Å²) in [7, 11) is 1.94. The second kappa shape index (κ2) is 8.10. The molecule has 8 nitrogen and oxygen atoms in total. The average Bonchev–Trinajstić information content (AvgIpc) is 3.37. The second-order valence-electron chi connectivity index (χ2n) is 7.43. The topological polar surface area (TPSA) is 89.9 Å². The van der Waals surface area contributed by atoms with Crippen molar-refractivity contribution in [3.63, 3.8) is 0 Å². The Morgan fingerprint density at radius 3 is 2.79 bits per heavy atom. The minimum atomic E-state index is -0.272. The van der Waals surface area contributed by atoms with Gasteiger partial charge >= 0.3 is 0 Å². The fourth-order valence-electron chi connectivity index (χ4n) is 3.68. The highest BCUT2D eigenvalue weighted by Crippen LogP contribution is 2.26. The third-order valence-electron chi connectivity index (χ3n) is 5.40. The zero-order valence-electron chi connectivity index (χ0n) is 16.5. The Kier molecular flexibility index (Phi) is 5.37. The van der Waals surface area contributed by atoms with E-state index in [1.807, 2.05) is 16.5 Å². The molecule has 1 saturated heterocycles. The van der Waals surface area contributed by atoms with Crippen LogP contribution in [-0.4, -0.2) is 48.8 Å². The van der Waals surface area contributed by atoms with Crippen LogP contribution in [0.4, 0.5) is 4.39 Å². The molecule has 2 aromatic heterocycles. The van der Waals surface area contributed by atoms with Crippen molar-refractivity contribution in [1.29, 1.82) is 0 Å². The number of carbonyl (C=O) groups excluding carboxylic acids is 1. The number of likely N-dealkylation sites (tertiary alicyclic amines) is 1. The zero-order valence-corrected chi connectivity index (χ0v) is 16.5. The molecule has 0 aliphatic carbocycles. The molecule has 4 rings (SSSR count). The highest BCUT2D eigenvalue weighted by atomic mass is 19.1. The first-order valence-electron chi connectivity index (χ1n) is 9.72. The standard InChI is InChI=1S/C20H23FN6O2/c1-13-11-15(3-4-16(13)21)19-23-17(29-25-19)5-6-18(28)27-9-7-14(8-10-27)20-24-22-12-26(20)2/h3-4,11-12,14H,5-10H2,1-2H3. The Balaban J connectivity index is 1.30. The molecule has 0 atom stereocenters. The normalized spacial score (nSPS) is 15.1. The fraction of sp³-hybridized carbons (Fsp3) is 0.450. The molecule has 152 valence electrons. The first kappa shape index (κ1) is 19.2. The Morgan fingerprint density at radius 2 is 2.10 bits per heavy atom. The third-order valence-corrected chi connectivity index (χ3v) is 5.40. The largest absolute Gasteiger partial charge is 0.343 e. The summed E-state index contributed by atoms with van der Waals surface area (Å²) >= 11 is 0. The van der Waals surface area contributed by atoms with Crippen LogP contribution in [0.1, 0.15) is 42.5 Å². The molecule has 9 heteroatoms. The van der Waals surface area contributed by atoms with E-state index < -0.39 is 0 Å². The lowest BCUT2D eigenvalue weighted by Crippen LogP contribution is -2.38. The smallest absolute Gasteiger partial charge is 0.227 e. The molecule has 0 N–H and O–H groups in total. The number of piperidine rings is 1. The summed E-state index contributed by atoms with van der Waals surface area (Å²) in [4.78, 5) is 18.8. The van der Waals surface area contributed by atoms with Crippen LogP contribution in [0.25, 0.3) is 11.4 Å². The van der Waals surface area contributed by atoms with Gasteiger partial charge in [0.1, 0.15) is 18.0 Å². The van der Waals surface area contributed by atoms with E-state index in [4.69, 9.17) is 4.52 Å². The minimum Gasteiger partial charge on any atom is -0.343 e. The van der Waals surface area contributed by atoms with E-state index in [1.54, 1.807) is 25.4 Å². The zero-order chi connectivity index (χ0) is 20.4. The highest BCUT2D eigenvalue weighted by Gasteiger charge is 2.26. The van der Waals surface area contributed by atoms with E-state index in [1.165, 1.54) is 6.07 Å². The Hall–Kier alpha value is -3.10. The molecule has 1 fully saturated rings. The molecule has 0 radical (unpaired) electrons. The number of hydrogen-bond acceptors (Lipinski definition) is 6. The van der Waals surface area contributed by atoms with Crippen molar-refractivity contribution in [2.45, 2.75) is 38.5 Å². The van der Waals surface area contributed by atoms with Gasteiger partial charge in [0.2, 0.25) is 17.6 Å². The SMILES string of the molecule is Cc1cc(-c2noc(CCC(=O)N3CCC(c4nncn4C)CC3)n2)ccc1F. The number of nitrogens with zero attached hydrogens (tertiary/aromatic N) is 6. The third kappa shape index (κ3) is 4.18. The van der Waals surface area contributed by atoms with Gasteiger partial charge in [-0.3, -0.25) is 4.79 Å². The van der Waals surface area contributed by atoms with Gasteiger partial charge in [-0.25, -0.2) is 4.39 Å². The summed E-state index contributed by atoms with van der Waals surface area (Å²) in [6.07, 6.45) is 4.17. The number of rotatable bonds is 5. The van der Waals surface area contributed by atoms with Crippen molar-refractivity contribution in [3.8, 4) is 11.4 Å². The van der Waals surface area contributed by atoms with Gasteiger partial charge in [0, 0.05) is 44.5 Å².